The van der Waals surface area contributed by atoms with Crippen molar-refractivity contribution >= 4 is 144 Å². The van der Waals surface area contributed by atoms with Crippen molar-refractivity contribution in [1.82, 2.24) is 34.6 Å². The smallest absolute Gasteiger partial charge is 0.0967 e. The predicted octanol–water partition coefficient (Wildman–Crippen LogP) is 25.6. The largest absolute Gasteiger partial charge is 0.374 e. The van der Waals surface area contributed by atoms with Crippen LogP contribution < -0.4 is 26.6 Å². The summed E-state index contributed by atoms with van der Waals surface area (Å²) in [5, 5.41) is 21.4. The molecule has 0 fully saturated rings. The molecule has 9 aliphatic heterocycles. The number of hydrogen-bond acceptors (Lipinski definition) is 7. The Labute approximate surface area is 791 Å². The minimum Gasteiger partial charge on any atom is -0.374 e. The summed E-state index contributed by atoms with van der Waals surface area (Å²) in [5.74, 6) is 0. The van der Waals surface area contributed by atoms with Crippen LogP contribution in [0.5, 0.6) is 0 Å². The maximum absolute atomic E-state index is 6.04. The molecule has 4 aromatic heterocycles. The summed E-state index contributed by atoms with van der Waals surface area (Å²) in [6.07, 6.45) is 27.2. The van der Waals surface area contributed by atoms with Gasteiger partial charge in [0.25, 0.3) is 0 Å². The summed E-state index contributed by atoms with van der Waals surface area (Å²) in [6, 6.07) is 136. The number of nitrogens with zero attached hydrogens (tertiary/aromatic N) is 7. The Hall–Kier alpha value is -17.8. The molecule has 0 aliphatic carbocycles. The Morgan fingerprint density at radius 2 is 0.693 bits per heavy atom. The molecule has 0 spiro atoms. The number of fused-ring (bicyclic) bond motifs is 21. The molecule has 16 bridgehead atoms. The molecule has 11 heteroatoms. The van der Waals surface area contributed by atoms with Gasteiger partial charge in [-0.05, 0) is 208 Å². The number of aromatic nitrogens is 4. The molecule has 137 heavy (non-hydrogen) atoms. The lowest BCUT2D eigenvalue weighted by Crippen LogP contribution is -2.27. The van der Waals surface area contributed by atoms with Crippen LogP contribution in [0.2, 0.25) is 0 Å². The lowest BCUT2D eigenvalue weighted by atomic mass is 9.88. The maximum atomic E-state index is 6.04. The average Bonchev–Trinajstić information content (AvgIpc) is 1.56. The summed E-state index contributed by atoms with van der Waals surface area (Å²) >= 11 is 0. The van der Waals surface area contributed by atoms with E-state index >= 15 is 0 Å². The summed E-state index contributed by atoms with van der Waals surface area (Å²) in [6.45, 7) is 3.06. The van der Waals surface area contributed by atoms with Gasteiger partial charge in [0.15, 0.2) is 0 Å². The van der Waals surface area contributed by atoms with E-state index in [1.165, 1.54) is 21.8 Å². The van der Waals surface area contributed by atoms with Crippen LogP contribution in [0.4, 0.5) is 0 Å². The second kappa shape index (κ2) is 32.3. The van der Waals surface area contributed by atoms with Gasteiger partial charge in [0, 0.05) is 139 Å². The number of para-hydroxylation sites is 2. The maximum Gasteiger partial charge on any atom is 0.0967 e. The van der Waals surface area contributed by atoms with Gasteiger partial charge in [0.2, 0.25) is 0 Å². The quantitative estimate of drug-likeness (QED) is 0.0921. The average molecular weight is 1760 g/mol. The van der Waals surface area contributed by atoms with Gasteiger partial charge in [-0.1, -0.05) is 309 Å². The van der Waals surface area contributed by atoms with Crippen LogP contribution >= 0.6 is 0 Å². The van der Waals surface area contributed by atoms with E-state index in [4.69, 9.17) is 20.0 Å². The molecule has 11 nitrogen and oxygen atoms in total. The molecule has 0 saturated carbocycles. The highest BCUT2D eigenvalue weighted by Crippen LogP contribution is 2.49. The number of aliphatic imine (C=N–C) groups is 4. The first-order valence-corrected chi connectivity index (χ1v) is 47.3. The monoisotopic (exact) mass is 1750 g/mol. The first-order valence-electron chi connectivity index (χ1n) is 47.3. The van der Waals surface area contributed by atoms with Crippen molar-refractivity contribution in [3.8, 4) is 11.4 Å². The molecule has 646 valence electrons. The molecule has 0 amide bonds. The summed E-state index contributed by atoms with van der Waals surface area (Å²) < 4.78 is 7.44. The van der Waals surface area contributed by atoms with E-state index in [-0.39, 0.29) is 24.2 Å². The Morgan fingerprint density at radius 3 is 1.23 bits per heavy atom. The standard InChI is InChI=1S/C126H87N11/c1-2-135-111-69-53-87(136-113-49-29-27-47-89(113)93-71-85(51-67-115(93)136)91-75-109-121(81-39-19-7-20-40-81)105-61-59-101(129-105)117(77-31-11-3-12-32-77)97-55-57-99(127-97)119(79-35-15-5-16-36-79)103-63-65-107(131-103)123(125(91)133-109)83-43-23-9-24-44-83)73-95(111)96-74-88(54-70-112(96)135)137-114-50-30-28-48-90(114)94-72-86(52-68-116(94)137)92-76-110-122(82-41-21-8-22-42-82)106-62-60-102(130-106)118(78-33-13-4-14-34-78)98-56-58-100(128-98)120(80-37-17-6-18-38-80)104-64-66-108(132-104)124(126(92)134-110)84-45-25-10-26-46-84/h3-76,101-102,107,126,128-129,131,134H,2H2,1H3/b117-97-,118-98-,119-103-,120-100-,121-105?,122-110-,124-108-,125-123-. The highest BCUT2D eigenvalue weighted by Gasteiger charge is 2.38. The van der Waals surface area contributed by atoms with E-state index in [9.17, 15) is 0 Å². The van der Waals surface area contributed by atoms with E-state index in [1.807, 2.05) is 0 Å². The molecule has 4 N–H and O–H groups in total. The number of benzene rings is 14. The van der Waals surface area contributed by atoms with Gasteiger partial charge in [0.1, 0.15) is 0 Å². The Kier molecular flexibility index (Phi) is 18.6. The molecular weight excluding hydrogens is 1670 g/mol. The fourth-order valence-corrected chi connectivity index (χ4v) is 22.5. The number of rotatable bonds is 13. The summed E-state index contributed by atoms with van der Waals surface area (Å²) in [4.78, 5) is 27.2. The van der Waals surface area contributed by atoms with Crippen LogP contribution in [0.25, 0.3) is 133 Å². The lowest BCUT2D eigenvalue weighted by Gasteiger charge is -2.23. The topological polar surface area (TPSA) is 116 Å². The van der Waals surface area contributed by atoms with E-state index in [0.29, 0.717) is 0 Å². The molecule has 13 heterocycles. The van der Waals surface area contributed by atoms with Gasteiger partial charge >= 0.3 is 0 Å². The van der Waals surface area contributed by atoms with Gasteiger partial charge in [-0.3, -0.25) is 4.99 Å². The zero-order valence-corrected chi connectivity index (χ0v) is 74.9. The predicted molar refractivity (Wildman–Crippen MR) is 568 cm³/mol. The van der Waals surface area contributed by atoms with Crippen LogP contribution in [0, 0.1) is 0 Å². The fourth-order valence-electron chi connectivity index (χ4n) is 22.5. The zero-order valence-electron chi connectivity index (χ0n) is 74.9. The number of nitrogens with one attached hydrogen (secondary N) is 4. The molecule has 0 radical (unpaired) electrons. The molecule has 4 unspecified atom stereocenters. The summed E-state index contributed by atoms with van der Waals surface area (Å²) in [7, 11) is 0. The molecular formula is C126H87N11. The van der Waals surface area contributed by atoms with Gasteiger partial charge in [-0.2, -0.15) is 0 Å². The van der Waals surface area contributed by atoms with Crippen molar-refractivity contribution in [3.05, 3.63) is 550 Å². The van der Waals surface area contributed by atoms with E-state index in [1.54, 1.807) is 0 Å². The van der Waals surface area contributed by atoms with Crippen molar-refractivity contribution in [3.63, 3.8) is 0 Å². The second-order valence-electron chi connectivity index (χ2n) is 36.2. The van der Waals surface area contributed by atoms with Gasteiger partial charge in [0.05, 0.1) is 86.2 Å². The molecule has 9 aliphatic rings. The van der Waals surface area contributed by atoms with Crippen molar-refractivity contribution in [2.24, 2.45) is 20.0 Å². The van der Waals surface area contributed by atoms with E-state index < -0.39 is 0 Å². The number of hydrogen-bond donors (Lipinski definition) is 4. The first kappa shape index (κ1) is 79.0. The third-order valence-electron chi connectivity index (χ3n) is 28.5. The molecule has 4 atom stereocenters. The number of aromatic amines is 1. The number of allylic oxidation sites excluding steroid dienone is 13. The number of aryl methyl sites for hydroxylation is 1. The van der Waals surface area contributed by atoms with Gasteiger partial charge in [-0.15, -0.1) is 0 Å². The van der Waals surface area contributed by atoms with Crippen molar-refractivity contribution in [2.75, 3.05) is 0 Å². The SMILES string of the molecule is CCn1c2ccc(-n3c4ccccc4c4cc(C5=CC6=N/C5=C(/c5ccccc5)C5C=C/C(=C(\c7ccccc7)C7=N/C(=C(/c8ccccc8)C8C=CC(=C6c6ccccc6)N8)C=C7)N5)ccc43)cc2c2cc(-n3c4ccccc4c4cc(C5=C/C6=C(\c7ccccc7)C7=NC(C=C7)/C(c7ccccc7)=c7/cc/c([nH]7)=C(\c7ccccc7)C7=N/C(=C(/c8ccccc8)C5N6)C=C7)ccc43)ccc21. The highest BCUT2D eigenvalue weighted by atomic mass is 15.0. The Bertz CT molecular complexity index is 8950. The molecule has 18 aromatic rings. The van der Waals surface area contributed by atoms with Crippen molar-refractivity contribution in [2.45, 2.75) is 37.6 Å². The first-order chi connectivity index (χ1) is 67.9. The highest BCUT2D eigenvalue weighted by molar-refractivity contribution is 6.37. The molecule has 27 rings (SSSR count). The normalized spacial score (nSPS) is 21.6. The second-order valence-corrected chi connectivity index (χ2v) is 36.2. The van der Waals surface area contributed by atoms with Crippen molar-refractivity contribution < 1.29 is 0 Å². The fraction of sp³-hybridized carbons (Fsp3) is 0.0476. The third-order valence-corrected chi connectivity index (χ3v) is 28.5. The van der Waals surface area contributed by atoms with Crippen LogP contribution in [0.3, 0.4) is 0 Å². The zero-order chi connectivity index (χ0) is 90.3. The minimum atomic E-state index is -0.376. The van der Waals surface area contributed by atoms with Crippen LogP contribution in [0.1, 0.15) is 62.6 Å². The van der Waals surface area contributed by atoms with E-state index in [0.717, 1.165) is 241 Å². The minimum absolute atomic E-state index is 0.214. The van der Waals surface area contributed by atoms with Crippen molar-refractivity contribution in [1.29, 1.82) is 0 Å². The van der Waals surface area contributed by atoms with Crippen LogP contribution in [0.15, 0.2) is 503 Å². The summed E-state index contributed by atoms with van der Waals surface area (Å²) in [5.41, 5.74) is 39.5. The van der Waals surface area contributed by atoms with Crippen LogP contribution in [-0.2, 0) is 6.54 Å². The van der Waals surface area contributed by atoms with Gasteiger partial charge < -0.3 is 34.6 Å². The van der Waals surface area contributed by atoms with Gasteiger partial charge in [-0.25, -0.2) is 15.0 Å². The molecule has 0 saturated heterocycles. The Balaban J connectivity index is 0.606. The number of H-pyrrole nitrogens is 1. The molecule has 14 aromatic carbocycles. The van der Waals surface area contributed by atoms with Crippen LogP contribution in [-0.4, -0.2) is 65.7 Å². The lowest BCUT2D eigenvalue weighted by molar-refractivity contribution is 0.827. The van der Waals surface area contributed by atoms with E-state index in [2.05, 4.69) is 491 Å². The third kappa shape index (κ3) is 13.2. The Morgan fingerprint density at radius 1 is 0.277 bits per heavy atom.